The summed E-state index contributed by atoms with van der Waals surface area (Å²) in [6.07, 6.45) is 5.96. The molecule has 1 spiro atoms. The Hall–Kier alpha value is -1.85. The number of carbonyl (C=O) groups excluding carboxylic acids is 1. The van der Waals surface area contributed by atoms with Crippen molar-refractivity contribution in [2.75, 3.05) is 0 Å². The maximum absolute atomic E-state index is 12.5. The molecule has 6 nitrogen and oxygen atoms in total. The van der Waals surface area contributed by atoms with E-state index in [2.05, 4.69) is 10.4 Å². The summed E-state index contributed by atoms with van der Waals surface area (Å²) >= 11 is 0. The summed E-state index contributed by atoms with van der Waals surface area (Å²) in [4.78, 5) is 24.1. The van der Waals surface area contributed by atoms with Crippen LogP contribution in [0.25, 0.3) is 0 Å². The average Bonchev–Trinajstić information content (AvgIpc) is 2.81. The molecule has 0 unspecified atom stereocenters. The number of nitrogens with zero attached hydrogens (tertiary/aromatic N) is 2. The summed E-state index contributed by atoms with van der Waals surface area (Å²) < 4.78 is 1.84. The van der Waals surface area contributed by atoms with E-state index < -0.39 is 11.4 Å². The SMILES string of the molecule is CC(C)n1nccc1CNC(=O)C1(C(=O)O)CC2(CCC2)C1. The highest BCUT2D eigenvalue weighted by atomic mass is 16.4. The molecule has 3 rings (SSSR count). The second kappa shape index (κ2) is 5.11. The van der Waals surface area contributed by atoms with Crippen molar-refractivity contribution in [3.63, 3.8) is 0 Å². The van der Waals surface area contributed by atoms with Gasteiger partial charge in [-0.1, -0.05) is 6.42 Å². The highest BCUT2D eigenvalue weighted by Gasteiger charge is 2.64. The van der Waals surface area contributed by atoms with Gasteiger partial charge in [-0.05, 0) is 51.0 Å². The third-order valence-electron chi connectivity index (χ3n) is 5.28. The molecule has 120 valence electrons. The number of carbonyl (C=O) groups is 2. The predicted molar refractivity (Wildman–Crippen MR) is 80.0 cm³/mol. The van der Waals surface area contributed by atoms with E-state index in [1.807, 2.05) is 24.6 Å². The lowest BCUT2D eigenvalue weighted by Gasteiger charge is -2.58. The molecule has 0 radical (unpaired) electrons. The van der Waals surface area contributed by atoms with Gasteiger partial charge in [0.1, 0.15) is 5.41 Å². The van der Waals surface area contributed by atoms with Gasteiger partial charge in [0, 0.05) is 12.2 Å². The van der Waals surface area contributed by atoms with Crippen molar-refractivity contribution in [2.24, 2.45) is 10.8 Å². The molecule has 2 N–H and O–H groups in total. The molecule has 0 atom stereocenters. The Bertz CT molecular complexity index is 594. The molecule has 1 heterocycles. The maximum atomic E-state index is 12.5. The second-order valence-electron chi connectivity index (χ2n) is 7.14. The Morgan fingerprint density at radius 2 is 2.09 bits per heavy atom. The molecular weight excluding hydrogens is 282 g/mol. The van der Waals surface area contributed by atoms with Crippen molar-refractivity contribution in [2.45, 2.75) is 58.5 Å². The van der Waals surface area contributed by atoms with Crippen LogP contribution in [0.1, 0.15) is 57.7 Å². The molecule has 1 aromatic heterocycles. The van der Waals surface area contributed by atoms with Crippen molar-refractivity contribution < 1.29 is 14.7 Å². The monoisotopic (exact) mass is 305 g/mol. The Morgan fingerprint density at radius 1 is 1.41 bits per heavy atom. The van der Waals surface area contributed by atoms with Gasteiger partial charge in [0.2, 0.25) is 5.91 Å². The van der Waals surface area contributed by atoms with Gasteiger partial charge in [-0.3, -0.25) is 14.3 Å². The molecule has 22 heavy (non-hydrogen) atoms. The summed E-state index contributed by atoms with van der Waals surface area (Å²) in [7, 11) is 0. The van der Waals surface area contributed by atoms with Crippen molar-refractivity contribution in [1.82, 2.24) is 15.1 Å². The van der Waals surface area contributed by atoms with Crippen LogP contribution in [-0.4, -0.2) is 26.8 Å². The number of hydrogen-bond donors (Lipinski definition) is 2. The summed E-state index contributed by atoms with van der Waals surface area (Å²) in [5, 5.41) is 16.6. The Morgan fingerprint density at radius 3 is 2.59 bits per heavy atom. The van der Waals surface area contributed by atoms with Crippen molar-refractivity contribution >= 4 is 11.9 Å². The molecule has 0 aromatic carbocycles. The summed E-state index contributed by atoms with van der Waals surface area (Å²) in [6, 6.07) is 2.05. The molecule has 2 aliphatic carbocycles. The fourth-order valence-corrected chi connectivity index (χ4v) is 3.95. The van der Waals surface area contributed by atoms with Crippen LogP contribution in [0.15, 0.2) is 12.3 Å². The molecule has 6 heteroatoms. The summed E-state index contributed by atoms with van der Waals surface area (Å²) in [6.45, 7) is 4.35. The highest BCUT2D eigenvalue weighted by molar-refractivity contribution is 6.03. The normalized spacial score (nSPS) is 21.2. The fourth-order valence-electron chi connectivity index (χ4n) is 3.95. The number of nitrogens with one attached hydrogen (secondary N) is 1. The lowest BCUT2D eigenvalue weighted by atomic mass is 9.45. The van der Waals surface area contributed by atoms with Crippen LogP contribution in [0.2, 0.25) is 0 Å². The Kier molecular flexibility index (Phi) is 3.50. The second-order valence-corrected chi connectivity index (χ2v) is 7.14. The molecule has 1 amide bonds. The summed E-state index contributed by atoms with van der Waals surface area (Å²) in [5.41, 5.74) is -0.194. The van der Waals surface area contributed by atoms with Gasteiger partial charge in [0.05, 0.1) is 12.2 Å². The van der Waals surface area contributed by atoms with E-state index in [0.29, 0.717) is 19.4 Å². The van der Waals surface area contributed by atoms with Gasteiger partial charge >= 0.3 is 5.97 Å². The van der Waals surface area contributed by atoms with Crippen molar-refractivity contribution in [1.29, 1.82) is 0 Å². The number of hydrogen-bond acceptors (Lipinski definition) is 3. The minimum atomic E-state index is -1.22. The highest BCUT2D eigenvalue weighted by Crippen LogP contribution is 2.64. The number of amides is 1. The molecule has 0 bridgehead atoms. The first-order chi connectivity index (χ1) is 10.4. The molecular formula is C16H23N3O3. The van der Waals surface area contributed by atoms with Crippen molar-refractivity contribution in [3.05, 3.63) is 18.0 Å². The minimum absolute atomic E-state index is 0.134. The molecule has 2 aliphatic rings. The topological polar surface area (TPSA) is 84.2 Å². The van der Waals surface area contributed by atoms with Gasteiger partial charge in [-0.25, -0.2) is 0 Å². The molecule has 2 saturated carbocycles. The molecule has 0 aliphatic heterocycles. The Labute approximate surface area is 129 Å². The quantitative estimate of drug-likeness (QED) is 0.816. The first-order valence-corrected chi connectivity index (χ1v) is 7.93. The van der Waals surface area contributed by atoms with E-state index in [1.54, 1.807) is 6.20 Å². The third-order valence-corrected chi connectivity index (χ3v) is 5.28. The van der Waals surface area contributed by atoms with Crippen LogP contribution >= 0.6 is 0 Å². The van der Waals surface area contributed by atoms with Crippen molar-refractivity contribution in [3.8, 4) is 0 Å². The Balaban J connectivity index is 1.65. The van der Waals surface area contributed by atoms with Gasteiger partial charge < -0.3 is 10.4 Å². The van der Waals surface area contributed by atoms with Gasteiger partial charge in [-0.15, -0.1) is 0 Å². The van der Waals surface area contributed by atoms with E-state index in [0.717, 1.165) is 25.0 Å². The largest absolute Gasteiger partial charge is 0.480 e. The minimum Gasteiger partial charge on any atom is -0.480 e. The van der Waals surface area contributed by atoms with E-state index in [4.69, 9.17) is 0 Å². The first kappa shape index (κ1) is 15.1. The van der Waals surface area contributed by atoms with Crippen LogP contribution in [0.4, 0.5) is 0 Å². The zero-order valence-electron chi connectivity index (χ0n) is 13.1. The van der Waals surface area contributed by atoms with E-state index in [9.17, 15) is 14.7 Å². The number of aromatic nitrogens is 2. The molecule has 1 aromatic rings. The smallest absolute Gasteiger partial charge is 0.319 e. The fraction of sp³-hybridized carbons (Fsp3) is 0.688. The lowest BCUT2D eigenvalue weighted by molar-refractivity contribution is -0.181. The number of carboxylic acid groups (broad SMARTS) is 1. The van der Waals surface area contributed by atoms with Gasteiger partial charge in [-0.2, -0.15) is 5.10 Å². The third kappa shape index (κ3) is 2.21. The van der Waals surface area contributed by atoms with Gasteiger partial charge in [0.25, 0.3) is 0 Å². The number of carboxylic acids is 1. The van der Waals surface area contributed by atoms with E-state index >= 15 is 0 Å². The molecule has 2 fully saturated rings. The lowest BCUT2D eigenvalue weighted by Crippen LogP contribution is -2.61. The molecule has 0 saturated heterocycles. The van der Waals surface area contributed by atoms with Crippen LogP contribution in [0.3, 0.4) is 0 Å². The summed E-state index contributed by atoms with van der Waals surface area (Å²) in [5.74, 6) is -1.34. The number of aliphatic carboxylic acids is 1. The average molecular weight is 305 g/mol. The zero-order chi connectivity index (χ0) is 16.0. The predicted octanol–water partition coefficient (Wildman–Crippen LogP) is 2.12. The van der Waals surface area contributed by atoms with Crippen LogP contribution < -0.4 is 5.32 Å². The van der Waals surface area contributed by atoms with Crippen LogP contribution in [0, 0.1) is 10.8 Å². The number of rotatable bonds is 5. The standard InChI is InChI=1S/C16H23N3O3/c1-11(2)19-12(4-7-18-19)8-17-13(20)16(14(21)22)9-15(10-16)5-3-6-15/h4,7,11H,3,5-6,8-10H2,1-2H3,(H,17,20)(H,21,22). The zero-order valence-corrected chi connectivity index (χ0v) is 13.1. The van der Waals surface area contributed by atoms with E-state index in [1.165, 1.54) is 0 Å². The maximum Gasteiger partial charge on any atom is 0.319 e. The van der Waals surface area contributed by atoms with Crippen LogP contribution in [0.5, 0.6) is 0 Å². The van der Waals surface area contributed by atoms with Gasteiger partial charge in [0.15, 0.2) is 0 Å². The van der Waals surface area contributed by atoms with E-state index in [-0.39, 0.29) is 17.4 Å². The first-order valence-electron chi connectivity index (χ1n) is 7.93. The van der Waals surface area contributed by atoms with Crippen LogP contribution in [-0.2, 0) is 16.1 Å².